The summed E-state index contributed by atoms with van der Waals surface area (Å²) >= 11 is 6.13. The standard InChI is InChI=1S/C17H16ClN3/c1-14(11-12-19)21(16-8-3-2-4-9-16)20-13-15-7-5-6-10-17(15)18/h2-10,13-14H,11H2,1H3. The zero-order valence-corrected chi connectivity index (χ0v) is 12.5. The summed E-state index contributed by atoms with van der Waals surface area (Å²) in [4.78, 5) is 0. The first-order chi connectivity index (χ1) is 10.2. The van der Waals surface area contributed by atoms with Gasteiger partial charge in [-0.3, -0.25) is 5.01 Å². The molecule has 2 aromatic carbocycles. The Kier molecular flexibility index (Phi) is 5.36. The van der Waals surface area contributed by atoms with E-state index in [9.17, 15) is 0 Å². The maximum atomic E-state index is 8.91. The van der Waals surface area contributed by atoms with Gasteiger partial charge in [-0.05, 0) is 25.1 Å². The molecule has 2 aromatic rings. The molecule has 106 valence electrons. The van der Waals surface area contributed by atoms with Crippen molar-refractivity contribution < 1.29 is 0 Å². The van der Waals surface area contributed by atoms with Crippen LogP contribution in [0.4, 0.5) is 5.69 Å². The number of hydrazone groups is 1. The largest absolute Gasteiger partial charge is 0.262 e. The minimum Gasteiger partial charge on any atom is -0.262 e. The van der Waals surface area contributed by atoms with E-state index in [2.05, 4.69) is 11.2 Å². The maximum absolute atomic E-state index is 8.91. The van der Waals surface area contributed by atoms with Crippen molar-refractivity contribution in [3.05, 3.63) is 65.2 Å². The molecular weight excluding hydrogens is 282 g/mol. The van der Waals surface area contributed by atoms with Gasteiger partial charge in [0.25, 0.3) is 0 Å². The number of hydrogen-bond acceptors (Lipinski definition) is 3. The molecule has 0 fully saturated rings. The molecule has 0 saturated carbocycles. The molecule has 4 heteroatoms. The molecule has 2 rings (SSSR count). The van der Waals surface area contributed by atoms with Gasteiger partial charge >= 0.3 is 0 Å². The Morgan fingerprint density at radius 1 is 1.19 bits per heavy atom. The lowest BCUT2D eigenvalue weighted by Crippen LogP contribution is -2.27. The van der Waals surface area contributed by atoms with Crippen molar-refractivity contribution >= 4 is 23.5 Å². The Hall–Kier alpha value is -2.31. The molecule has 1 unspecified atom stereocenters. The Morgan fingerprint density at radius 3 is 2.52 bits per heavy atom. The van der Waals surface area contributed by atoms with E-state index in [1.165, 1.54) is 0 Å². The fourth-order valence-corrected chi connectivity index (χ4v) is 2.12. The summed E-state index contributed by atoms with van der Waals surface area (Å²) in [6, 6.07) is 19.5. The lowest BCUT2D eigenvalue weighted by Gasteiger charge is -2.24. The third-order valence-electron chi connectivity index (χ3n) is 3.05. The highest BCUT2D eigenvalue weighted by molar-refractivity contribution is 6.33. The Bertz CT molecular complexity index is 647. The van der Waals surface area contributed by atoms with Crippen LogP contribution < -0.4 is 5.01 Å². The quantitative estimate of drug-likeness (QED) is 0.603. The number of hydrogen-bond donors (Lipinski definition) is 0. The Labute approximate surface area is 130 Å². The lowest BCUT2D eigenvalue weighted by atomic mass is 10.2. The summed E-state index contributed by atoms with van der Waals surface area (Å²) in [5.41, 5.74) is 1.80. The highest BCUT2D eigenvalue weighted by Crippen LogP contribution is 2.19. The summed E-state index contributed by atoms with van der Waals surface area (Å²) in [6.45, 7) is 1.97. The lowest BCUT2D eigenvalue weighted by molar-refractivity contribution is 0.670. The summed E-state index contributed by atoms with van der Waals surface area (Å²) in [5.74, 6) is 0. The minimum absolute atomic E-state index is 0.0175. The van der Waals surface area contributed by atoms with Crippen LogP contribution in [0, 0.1) is 11.3 Å². The van der Waals surface area contributed by atoms with E-state index < -0.39 is 0 Å². The molecule has 0 amide bonds. The maximum Gasteiger partial charge on any atom is 0.0644 e. The topological polar surface area (TPSA) is 39.4 Å². The molecule has 21 heavy (non-hydrogen) atoms. The SMILES string of the molecule is CC(CC#N)N(N=Cc1ccccc1Cl)c1ccccc1. The predicted octanol–water partition coefficient (Wildman–Crippen LogP) is 4.48. The van der Waals surface area contributed by atoms with E-state index in [-0.39, 0.29) is 6.04 Å². The Morgan fingerprint density at radius 2 is 1.86 bits per heavy atom. The van der Waals surface area contributed by atoms with Crippen molar-refractivity contribution in [1.29, 1.82) is 5.26 Å². The van der Waals surface area contributed by atoms with Crippen LogP contribution in [0.5, 0.6) is 0 Å². The van der Waals surface area contributed by atoms with Gasteiger partial charge in [-0.2, -0.15) is 10.4 Å². The molecular formula is C17H16ClN3. The van der Waals surface area contributed by atoms with Crippen LogP contribution in [0.25, 0.3) is 0 Å². The van der Waals surface area contributed by atoms with Gasteiger partial charge < -0.3 is 0 Å². The second kappa shape index (κ2) is 7.47. The van der Waals surface area contributed by atoms with Crippen LogP contribution in [-0.2, 0) is 0 Å². The fourth-order valence-electron chi connectivity index (χ4n) is 1.94. The van der Waals surface area contributed by atoms with Crippen LogP contribution in [0.15, 0.2) is 59.7 Å². The van der Waals surface area contributed by atoms with E-state index in [4.69, 9.17) is 16.9 Å². The van der Waals surface area contributed by atoms with Crippen LogP contribution in [0.2, 0.25) is 5.02 Å². The number of rotatable bonds is 5. The molecule has 1 atom stereocenters. The van der Waals surface area contributed by atoms with Crippen LogP contribution >= 0.6 is 11.6 Å². The first kappa shape index (κ1) is 15.1. The van der Waals surface area contributed by atoms with Crippen molar-refractivity contribution in [3.8, 4) is 6.07 Å². The highest BCUT2D eigenvalue weighted by atomic mass is 35.5. The number of nitrogens with zero attached hydrogens (tertiary/aromatic N) is 3. The molecule has 0 radical (unpaired) electrons. The van der Waals surface area contributed by atoms with Gasteiger partial charge in [-0.25, -0.2) is 0 Å². The predicted molar refractivity (Wildman–Crippen MR) is 87.7 cm³/mol. The summed E-state index contributed by atoms with van der Waals surface area (Å²) in [5, 5.41) is 15.9. The molecule has 0 spiro atoms. The van der Waals surface area contributed by atoms with Crippen LogP contribution in [-0.4, -0.2) is 12.3 Å². The first-order valence-electron chi connectivity index (χ1n) is 6.72. The Balaban J connectivity index is 2.29. The summed E-state index contributed by atoms with van der Waals surface area (Å²) in [7, 11) is 0. The molecule has 0 aromatic heterocycles. The second-order valence-corrected chi connectivity index (χ2v) is 5.06. The van der Waals surface area contributed by atoms with E-state index in [1.807, 2.05) is 66.5 Å². The summed E-state index contributed by atoms with van der Waals surface area (Å²) in [6.07, 6.45) is 2.12. The van der Waals surface area contributed by atoms with Gasteiger partial charge in [-0.1, -0.05) is 48.0 Å². The van der Waals surface area contributed by atoms with Crippen LogP contribution in [0.1, 0.15) is 18.9 Å². The summed E-state index contributed by atoms with van der Waals surface area (Å²) < 4.78 is 0. The normalized spacial score (nSPS) is 12.0. The molecule has 0 aliphatic rings. The van der Waals surface area contributed by atoms with E-state index in [0.717, 1.165) is 11.3 Å². The van der Waals surface area contributed by atoms with Gasteiger partial charge in [0, 0.05) is 10.6 Å². The molecule has 0 heterocycles. The zero-order valence-electron chi connectivity index (χ0n) is 11.8. The average molecular weight is 298 g/mol. The van der Waals surface area contributed by atoms with Crippen molar-refractivity contribution in [1.82, 2.24) is 0 Å². The molecule has 0 aliphatic carbocycles. The minimum atomic E-state index is -0.0175. The number of anilines is 1. The van der Waals surface area contributed by atoms with E-state index in [1.54, 1.807) is 6.21 Å². The zero-order chi connectivity index (χ0) is 15.1. The highest BCUT2D eigenvalue weighted by Gasteiger charge is 2.13. The molecule has 3 nitrogen and oxygen atoms in total. The molecule has 0 aliphatic heterocycles. The number of benzene rings is 2. The fraction of sp³-hybridized carbons (Fsp3) is 0.176. The van der Waals surface area contributed by atoms with E-state index >= 15 is 0 Å². The second-order valence-electron chi connectivity index (χ2n) is 4.66. The van der Waals surface area contributed by atoms with Gasteiger partial charge in [-0.15, -0.1) is 0 Å². The smallest absolute Gasteiger partial charge is 0.0644 e. The first-order valence-corrected chi connectivity index (χ1v) is 7.10. The van der Waals surface area contributed by atoms with Crippen molar-refractivity contribution in [2.45, 2.75) is 19.4 Å². The van der Waals surface area contributed by atoms with Gasteiger partial charge in [0.15, 0.2) is 0 Å². The third kappa shape index (κ3) is 4.08. The van der Waals surface area contributed by atoms with Gasteiger partial charge in [0.1, 0.15) is 0 Å². The van der Waals surface area contributed by atoms with Crippen LogP contribution in [0.3, 0.4) is 0 Å². The molecule has 0 N–H and O–H groups in total. The number of halogens is 1. The van der Waals surface area contributed by atoms with E-state index in [0.29, 0.717) is 11.4 Å². The van der Waals surface area contributed by atoms with Gasteiger partial charge in [0.05, 0.1) is 30.4 Å². The number of nitriles is 1. The van der Waals surface area contributed by atoms with Crippen molar-refractivity contribution in [2.24, 2.45) is 5.10 Å². The van der Waals surface area contributed by atoms with Gasteiger partial charge in [0.2, 0.25) is 0 Å². The monoisotopic (exact) mass is 297 g/mol. The van der Waals surface area contributed by atoms with Crippen molar-refractivity contribution in [3.63, 3.8) is 0 Å². The molecule has 0 saturated heterocycles. The third-order valence-corrected chi connectivity index (χ3v) is 3.40. The average Bonchev–Trinajstić information content (AvgIpc) is 2.50. The molecule has 0 bridgehead atoms. The van der Waals surface area contributed by atoms with Crippen molar-refractivity contribution in [2.75, 3.05) is 5.01 Å². The number of para-hydroxylation sites is 1.